The molecule has 0 saturated carbocycles. The molecule has 0 aromatic heterocycles. The predicted molar refractivity (Wildman–Crippen MR) is 134 cm³/mol. The van der Waals surface area contributed by atoms with E-state index in [9.17, 15) is 5.26 Å². The number of rotatable bonds is 3. The molecule has 2 aromatic rings. The number of fused-ring (bicyclic) bond motifs is 1. The van der Waals surface area contributed by atoms with E-state index in [1.165, 1.54) is 0 Å². The number of aliphatic imine (C=N–C) groups is 1. The Kier molecular flexibility index (Phi) is 7.43. The first-order valence-electron chi connectivity index (χ1n) is 12.3. The Morgan fingerprint density at radius 1 is 1.09 bits per heavy atom. The van der Waals surface area contributed by atoms with E-state index < -0.39 is 0 Å². The third-order valence-corrected chi connectivity index (χ3v) is 6.75. The van der Waals surface area contributed by atoms with Gasteiger partial charge in [0.05, 0.1) is 35.7 Å². The third kappa shape index (κ3) is 5.90. The molecule has 2 aliphatic heterocycles. The molecule has 2 heterocycles. The maximum Gasteiger partial charge on any atom is 0.162 e. The highest BCUT2D eigenvalue weighted by Gasteiger charge is 2.35. The van der Waals surface area contributed by atoms with Crippen molar-refractivity contribution in [2.75, 3.05) is 13.2 Å². The number of amidine groups is 1. The highest BCUT2D eigenvalue weighted by molar-refractivity contribution is 5.80. The number of nitrogens with zero attached hydrogens (tertiary/aromatic N) is 2. The Labute approximate surface area is 202 Å². The summed E-state index contributed by atoms with van der Waals surface area (Å²) in [5.41, 5.74) is 8.67. The van der Waals surface area contributed by atoms with Crippen molar-refractivity contribution in [3.63, 3.8) is 0 Å². The molecule has 2 aromatic carbocycles. The van der Waals surface area contributed by atoms with Crippen molar-refractivity contribution in [2.24, 2.45) is 16.6 Å². The van der Waals surface area contributed by atoms with Gasteiger partial charge in [-0.25, -0.2) is 0 Å². The Balaban J connectivity index is 1.70. The van der Waals surface area contributed by atoms with E-state index in [4.69, 9.17) is 24.9 Å². The van der Waals surface area contributed by atoms with Crippen LogP contribution in [0.15, 0.2) is 47.5 Å². The van der Waals surface area contributed by atoms with Crippen LogP contribution in [-0.4, -0.2) is 36.8 Å². The van der Waals surface area contributed by atoms with Crippen LogP contribution in [0.2, 0.25) is 0 Å². The van der Waals surface area contributed by atoms with Gasteiger partial charge in [-0.3, -0.25) is 4.99 Å². The average molecular weight is 462 g/mol. The fraction of sp³-hybridized carbons (Fsp3) is 0.500. The first-order valence-corrected chi connectivity index (χ1v) is 12.3. The van der Waals surface area contributed by atoms with Crippen LogP contribution in [0.3, 0.4) is 0 Å². The van der Waals surface area contributed by atoms with Gasteiger partial charge in [0, 0.05) is 18.9 Å². The van der Waals surface area contributed by atoms with Crippen molar-refractivity contribution in [3.8, 4) is 28.7 Å². The molecule has 3 atom stereocenters. The summed E-state index contributed by atoms with van der Waals surface area (Å²) in [7, 11) is 0. The lowest BCUT2D eigenvalue weighted by Gasteiger charge is -2.38. The van der Waals surface area contributed by atoms with Crippen LogP contribution >= 0.6 is 0 Å². The lowest BCUT2D eigenvalue weighted by Crippen LogP contribution is -2.42. The maximum atomic E-state index is 9.31. The largest absolute Gasteiger partial charge is 0.487 e. The number of nitriles is 1. The van der Waals surface area contributed by atoms with E-state index in [1.54, 1.807) is 0 Å². The summed E-state index contributed by atoms with van der Waals surface area (Å²) < 4.78 is 19.1. The number of hydrogen-bond donors (Lipinski definition) is 1. The molecule has 0 amide bonds. The standard InChI is InChI=1S/C28H35N3O3/c1-4-23-9-11-27(30)31-18-26(22-12-13-32-28(2,3)16-22)34-24-10-8-21(15-25(24)33-23)20-7-5-6-19(14-20)17-29/h5-8,10,14-15,22-23,26H,4,9,11-13,16,18H2,1-3H3,(H2,30,31). The van der Waals surface area contributed by atoms with Gasteiger partial charge < -0.3 is 19.9 Å². The van der Waals surface area contributed by atoms with Gasteiger partial charge in [-0.05, 0) is 74.9 Å². The summed E-state index contributed by atoms with van der Waals surface area (Å²) in [6, 6.07) is 15.9. The van der Waals surface area contributed by atoms with Crippen LogP contribution in [0, 0.1) is 17.2 Å². The molecule has 6 nitrogen and oxygen atoms in total. The molecule has 3 unspecified atom stereocenters. The molecule has 2 aliphatic rings. The van der Waals surface area contributed by atoms with Gasteiger partial charge in [0.25, 0.3) is 0 Å². The van der Waals surface area contributed by atoms with Crippen LogP contribution in [0.5, 0.6) is 11.5 Å². The molecule has 0 spiro atoms. The first-order chi connectivity index (χ1) is 16.4. The molecule has 180 valence electrons. The van der Waals surface area contributed by atoms with Crippen molar-refractivity contribution in [2.45, 2.75) is 70.7 Å². The normalized spacial score (nSPS) is 24.9. The van der Waals surface area contributed by atoms with Gasteiger partial charge >= 0.3 is 0 Å². The molecule has 4 rings (SSSR count). The molecule has 34 heavy (non-hydrogen) atoms. The Morgan fingerprint density at radius 3 is 2.68 bits per heavy atom. The van der Waals surface area contributed by atoms with Crippen LogP contribution < -0.4 is 15.2 Å². The Morgan fingerprint density at radius 2 is 1.91 bits per heavy atom. The molecular formula is C28H35N3O3. The fourth-order valence-electron chi connectivity index (χ4n) is 4.81. The van der Waals surface area contributed by atoms with Gasteiger partial charge in [0.15, 0.2) is 11.5 Å². The minimum absolute atomic E-state index is 0.00959. The lowest BCUT2D eigenvalue weighted by molar-refractivity contribution is -0.0902. The number of hydrogen-bond acceptors (Lipinski definition) is 6. The summed E-state index contributed by atoms with van der Waals surface area (Å²) in [5, 5.41) is 9.31. The summed E-state index contributed by atoms with van der Waals surface area (Å²) in [6.45, 7) is 7.62. The van der Waals surface area contributed by atoms with E-state index in [0.717, 1.165) is 48.3 Å². The van der Waals surface area contributed by atoms with Crippen molar-refractivity contribution in [1.29, 1.82) is 5.26 Å². The van der Waals surface area contributed by atoms with Crippen molar-refractivity contribution in [1.82, 2.24) is 0 Å². The zero-order valence-electron chi connectivity index (χ0n) is 20.4. The summed E-state index contributed by atoms with van der Waals surface area (Å²) in [6.07, 6.45) is 4.08. The van der Waals surface area contributed by atoms with Crippen LogP contribution in [-0.2, 0) is 4.74 Å². The summed E-state index contributed by atoms with van der Waals surface area (Å²) >= 11 is 0. The van der Waals surface area contributed by atoms with Crippen LogP contribution in [0.4, 0.5) is 0 Å². The fourth-order valence-corrected chi connectivity index (χ4v) is 4.81. The molecule has 0 bridgehead atoms. The van der Waals surface area contributed by atoms with E-state index in [-0.39, 0.29) is 17.8 Å². The molecule has 6 heteroatoms. The minimum atomic E-state index is -0.185. The molecule has 0 aliphatic carbocycles. The molecule has 0 radical (unpaired) electrons. The van der Waals surface area contributed by atoms with E-state index in [1.807, 2.05) is 42.5 Å². The number of benzene rings is 2. The Hall–Kier alpha value is -3.04. The second-order valence-corrected chi connectivity index (χ2v) is 9.89. The second kappa shape index (κ2) is 10.5. The average Bonchev–Trinajstić information content (AvgIpc) is 2.86. The highest BCUT2D eigenvalue weighted by Crippen LogP contribution is 2.38. The third-order valence-electron chi connectivity index (χ3n) is 6.75. The van der Waals surface area contributed by atoms with E-state index in [0.29, 0.717) is 36.9 Å². The zero-order valence-corrected chi connectivity index (χ0v) is 20.4. The molecule has 1 saturated heterocycles. The SMILES string of the molecule is CCC1CCC(N)=NCC(C2CCOC(C)(C)C2)Oc2ccc(-c3cccc(C#N)c3)cc2O1. The smallest absolute Gasteiger partial charge is 0.162 e. The van der Waals surface area contributed by atoms with E-state index >= 15 is 0 Å². The minimum Gasteiger partial charge on any atom is -0.487 e. The highest BCUT2D eigenvalue weighted by atomic mass is 16.5. The monoisotopic (exact) mass is 461 g/mol. The second-order valence-electron chi connectivity index (χ2n) is 9.89. The van der Waals surface area contributed by atoms with E-state index in [2.05, 4.69) is 26.8 Å². The van der Waals surface area contributed by atoms with Crippen LogP contribution in [0.1, 0.15) is 58.4 Å². The zero-order chi connectivity index (χ0) is 24.1. The summed E-state index contributed by atoms with van der Waals surface area (Å²) in [4.78, 5) is 4.70. The van der Waals surface area contributed by atoms with Crippen molar-refractivity contribution < 1.29 is 14.2 Å². The van der Waals surface area contributed by atoms with Gasteiger partial charge in [0.1, 0.15) is 6.10 Å². The van der Waals surface area contributed by atoms with Crippen LogP contribution in [0.25, 0.3) is 11.1 Å². The van der Waals surface area contributed by atoms with Crippen molar-refractivity contribution >= 4 is 5.84 Å². The quantitative estimate of drug-likeness (QED) is 0.653. The molecule has 2 N–H and O–H groups in total. The van der Waals surface area contributed by atoms with Gasteiger partial charge in [-0.1, -0.05) is 25.1 Å². The maximum absolute atomic E-state index is 9.31. The van der Waals surface area contributed by atoms with Crippen molar-refractivity contribution in [3.05, 3.63) is 48.0 Å². The first kappa shape index (κ1) is 24.1. The molecular weight excluding hydrogens is 426 g/mol. The summed E-state index contributed by atoms with van der Waals surface area (Å²) in [5.74, 6) is 2.41. The number of ether oxygens (including phenoxy) is 3. The Bertz CT molecular complexity index is 1070. The van der Waals surface area contributed by atoms with Gasteiger partial charge in [0.2, 0.25) is 0 Å². The predicted octanol–water partition coefficient (Wildman–Crippen LogP) is 5.49. The topological polar surface area (TPSA) is 89.9 Å². The van der Waals surface area contributed by atoms with Gasteiger partial charge in [-0.2, -0.15) is 5.26 Å². The lowest BCUT2D eigenvalue weighted by atomic mass is 9.84. The molecule has 1 fully saturated rings. The number of nitrogens with two attached hydrogens (primary N) is 1. The van der Waals surface area contributed by atoms with Gasteiger partial charge in [-0.15, -0.1) is 0 Å².